The van der Waals surface area contributed by atoms with Gasteiger partial charge in [-0.3, -0.25) is 24.6 Å². The number of hydrogen-bond acceptors (Lipinski definition) is 10. The SMILES string of the molecule is CCOC(=O)CC[C@@H](NC(=O)OCc1ccccc1)C(=O)N[C@H](CCC(=O)OCC)C(=O)NNC(=O)OC(C)(C)C. The van der Waals surface area contributed by atoms with Crippen LogP contribution in [0.3, 0.4) is 0 Å². The van der Waals surface area contributed by atoms with E-state index in [1.54, 1.807) is 65.0 Å². The number of hydrogen-bond donors (Lipinski definition) is 4. The minimum atomic E-state index is -1.34. The summed E-state index contributed by atoms with van der Waals surface area (Å²) in [5, 5.41) is 4.84. The van der Waals surface area contributed by atoms with E-state index < -0.39 is 53.6 Å². The lowest BCUT2D eigenvalue weighted by atomic mass is 10.1. The highest BCUT2D eigenvalue weighted by atomic mass is 16.6. The number of carbonyl (C=O) groups is 6. The lowest BCUT2D eigenvalue weighted by molar-refractivity contribution is -0.145. The predicted molar refractivity (Wildman–Crippen MR) is 145 cm³/mol. The Morgan fingerprint density at radius 2 is 1.24 bits per heavy atom. The molecule has 0 aliphatic carbocycles. The maximum Gasteiger partial charge on any atom is 0.426 e. The van der Waals surface area contributed by atoms with Crippen molar-refractivity contribution in [3.8, 4) is 0 Å². The summed E-state index contributed by atoms with van der Waals surface area (Å²) in [6.07, 6.45) is -2.71. The highest BCUT2D eigenvalue weighted by molar-refractivity contribution is 5.92. The van der Waals surface area contributed by atoms with E-state index in [4.69, 9.17) is 18.9 Å². The molecule has 2 atom stereocenters. The van der Waals surface area contributed by atoms with Crippen LogP contribution in [0.5, 0.6) is 0 Å². The van der Waals surface area contributed by atoms with E-state index in [1.807, 2.05) is 0 Å². The van der Waals surface area contributed by atoms with Crippen molar-refractivity contribution in [2.45, 2.75) is 84.6 Å². The smallest absolute Gasteiger partial charge is 0.426 e. The van der Waals surface area contributed by atoms with Crippen LogP contribution in [-0.4, -0.2) is 66.8 Å². The third-order valence-electron chi connectivity index (χ3n) is 5.03. The number of ether oxygens (including phenoxy) is 4. The summed E-state index contributed by atoms with van der Waals surface area (Å²) in [5.41, 5.74) is 4.09. The quantitative estimate of drug-likeness (QED) is 0.144. The van der Waals surface area contributed by atoms with Crippen molar-refractivity contribution in [3.63, 3.8) is 0 Å². The molecular weight excluding hydrogens is 540 g/mol. The average molecular weight is 581 g/mol. The molecule has 0 aliphatic rings. The summed E-state index contributed by atoms with van der Waals surface area (Å²) >= 11 is 0. The fourth-order valence-corrected chi connectivity index (χ4v) is 3.21. The van der Waals surface area contributed by atoms with Gasteiger partial charge in [0.05, 0.1) is 13.2 Å². The van der Waals surface area contributed by atoms with Crippen LogP contribution >= 0.6 is 0 Å². The zero-order valence-corrected chi connectivity index (χ0v) is 24.1. The molecule has 0 fully saturated rings. The third-order valence-corrected chi connectivity index (χ3v) is 5.03. The fourth-order valence-electron chi connectivity index (χ4n) is 3.21. The Morgan fingerprint density at radius 3 is 1.76 bits per heavy atom. The summed E-state index contributed by atoms with van der Waals surface area (Å²) in [6, 6.07) is 6.19. The number of alkyl carbamates (subject to hydrolysis) is 1. The molecule has 0 saturated carbocycles. The molecule has 4 amide bonds. The van der Waals surface area contributed by atoms with Gasteiger partial charge in [0.2, 0.25) is 5.91 Å². The molecule has 0 aromatic heterocycles. The molecule has 14 nitrogen and oxygen atoms in total. The van der Waals surface area contributed by atoms with Crippen molar-refractivity contribution < 1.29 is 47.7 Å². The largest absolute Gasteiger partial charge is 0.466 e. The lowest BCUT2D eigenvalue weighted by Crippen LogP contribution is -2.56. The normalized spacial score (nSPS) is 12.1. The Morgan fingerprint density at radius 1 is 0.707 bits per heavy atom. The molecule has 0 aliphatic heterocycles. The van der Waals surface area contributed by atoms with Gasteiger partial charge >= 0.3 is 24.1 Å². The standard InChI is InChI=1S/C27H40N4O10/c1-6-38-21(32)15-13-19(29-25(36)40-17-18-11-9-8-10-12-18)23(34)28-20(14-16-22(33)39-7-2)24(35)30-31-26(37)41-27(3,4)5/h8-12,19-20H,6-7,13-17H2,1-5H3,(H,28,34)(H,29,36)(H,30,35)(H,31,37)/t19-,20-/m1/s1. The minimum absolute atomic E-state index is 0.0696. The molecule has 41 heavy (non-hydrogen) atoms. The Hall–Kier alpha value is -4.36. The van der Waals surface area contributed by atoms with Crippen LogP contribution in [0.1, 0.15) is 65.9 Å². The van der Waals surface area contributed by atoms with Crippen molar-refractivity contribution in [1.82, 2.24) is 21.5 Å². The van der Waals surface area contributed by atoms with E-state index in [9.17, 15) is 28.8 Å². The van der Waals surface area contributed by atoms with Crippen LogP contribution in [0.4, 0.5) is 9.59 Å². The molecule has 228 valence electrons. The molecular formula is C27H40N4O10. The summed E-state index contributed by atoms with van der Waals surface area (Å²) in [4.78, 5) is 74.3. The van der Waals surface area contributed by atoms with Crippen molar-refractivity contribution >= 4 is 35.9 Å². The Kier molecular flexibility index (Phi) is 15.3. The maximum absolute atomic E-state index is 13.2. The Bertz CT molecular complexity index is 1030. The molecule has 0 bridgehead atoms. The molecule has 0 heterocycles. The van der Waals surface area contributed by atoms with Gasteiger partial charge < -0.3 is 29.6 Å². The number of carbonyl (C=O) groups excluding carboxylic acids is 6. The van der Waals surface area contributed by atoms with Gasteiger partial charge in [-0.05, 0) is 53.0 Å². The summed E-state index contributed by atoms with van der Waals surface area (Å²) in [6.45, 7) is 8.31. The number of esters is 2. The topological polar surface area (TPSA) is 187 Å². The predicted octanol–water partition coefficient (Wildman–Crippen LogP) is 2.01. The molecule has 0 spiro atoms. The average Bonchev–Trinajstić information content (AvgIpc) is 2.90. The Labute approximate surface area is 239 Å². The zero-order valence-electron chi connectivity index (χ0n) is 24.1. The van der Waals surface area contributed by atoms with Crippen LogP contribution in [0, 0.1) is 0 Å². The van der Waals surface area contributed by atoms with Crippen molar-refractivity contribution in [1.29, 1.82) is 0 Å². The van der Waals surface area contributed by atoms with Crippen LogP contribution < -0.4 is 21.5 Å². The highest BCUT2D eigenvalue weighted by Crippen LogP contribution is 2.08. The Balaban J connectivity index is 2.97. The summed E-state index contributed by atoms with van der Waals surface area (Å²) in [7, 11) is 0. The second kappa shape index (κ2) is 18.1. The van der Waals surface area contributed by atoms with E-state index in [2.05, 4.69) is 21.5 Å². The van der Waals surface area contributed by atoms with Gasteiger partial charge in [-0.1, -0.05) is 30.3 Å². The molecule has 1 aromatic rings. The third kappa shape index (κ3) is 15.7. The number of nitrogens with one attached hydrogen (secondary N) is 4. The molecule has 4 N–H and O–H groups in total. The van der Waals surface area contributed by atoms with Crippen LogP contribution in [0.25, 0.3) is 0 Å². The first-order valence-electron chi connectivity index (χ1n) is 13.2. The van der Waals surface area contributed by atoms with Crippen LogP contribution in [-0.2, 0) is 44.7 Å². The monoisotopic (exact) mass is 580 g/mol. The fraction of sp³-hybridized carbons (Fsp3) is 0.556. The summed E-state index contributed by atoms with van der Waals surface area (Å²) < 4.78 is 20.0. The summed E-state index contributed by atoms with van der Waals surface area (Å²) in [5.74, 6) is -2.92. The van der Waals surface area contributed by atoms with Gasteiger partial charge in [-0.2, -0.15) is 0 Å². The molecule has 0 saturated heterocycles. The second-order valence-electron chi connectivity index (χ2n) is 9.62. The number of rotatable bonds is 14. The first-order chi connectivity index (χ1) is 19.3. The van der Waals surface area contributed by atoms with Gasteiger partial charge in [-0.25, -0.2) is 15.0 Å². The molecule has 1 rings (SSSR count). The second-order valence-corrected chi connectivity index (χ2v) is 9.62. The van der Waals surface area contributed by atoms with Gasteiger partial charge in [0, 0.05) is 12.8 Å². The van der Waals surface area contributed by atoms with Gasteiger partial charge in [-0.15, -0.1) is 0 Å². The van der Waals surface area contributed by atoms with Crippen LogP contribution in [0.15, 0.2) is 30.3 Å². The van der Waals surface area contributed by atoms with Crippen molar-refractivity contribution in [2.75, 3.05) is 13.2 Å². The highest BCUT2D eigenvalue weighted by Gasteiger charge is 2.29. The van der Waals surface area contributed by atoms with Gasteiger partial charge in [0.1, 0.15) is 24.3 Å². The van der Waals surface area contributed by atoms with Gasteiger partial charge in [0.25, 0.3) is 5.91 Å². The molecule has 0 radical (unpaired) electrons. The first kappa shape index (κ1) is 34.7. The lowest BCUT2D eigenvalue weighted by Gasteiger charge is -2.24. The van der Waals surface area contributed by atoms with E-state index in [0.29, 0.717) is 5.56 Å². The van der Waals surface area contributed by atoms with Gasteiger partial charge in [0.15, 0.2) is 0 Å². The maximum atomic E-state index is 13.2. The van der Waals surface area contributed by atoms with E-state index in [-0.39, 0.29) is 45.5 Å². The van der Waals surface area contributed by atoms with E-state index >= 15 is 0 Å². The van der Waals surface area contributed by atoms with E-state index in [1.165, 1.54) is 0 Å². The van der Waals surface area contributed by atoms with Crippen molar-refractivity contribution in [3.05, 3.63) is 35.9 Å². The van der Waals surface area contributed by atoms with Crippen molar-refractivity contribution in [2.24, 2.45) is 0 Å². The number of benzene rings is 1. The molecule has 1 aromatic carbocycles. The minimum Gasteiger partial charge on any atom is -0.466 e. The first-order valence-corrected chi connectivity index (χ1v) is 13.2. The number of amides is 4. The number of hydrazine groups is 1. The molecule has 14 heteroatoms. The van der Waals surface area contributed by atoms with Crippen LogP contribution in [0.2, 0.25) is 0 Å². The molecule has 0 unspecified atom stereocenters. The zero-order chi connectivity index (χ0) is 30.8. The van der Waals surface area contributed by atoms with E-state index in [0.717, 1.165) is 0 Å².